The lowest BCUT2D eigenvalue weighted by Crippen LogP contribution is -2.43. The van der Waals surface area contributed by atoms with Crippen LogP contribution < -0.4 is 4.74 Å². The molecule has 0 bridgehead atoms. The zero-order valence-corrected chi connectivity index (χ0v) is 22.8. The van der Waals surface area contributed by atoms with Crippen molar-refractivity contribution in [1.82, 2.24) is 24.5 Å². The van der Waals surface area contributed by atoms with Crippen molar-refractivity contribution >= 4 is 5.91 Å². The highest BCUT2D eigenvalue weighted by Crippen LogP contribution is 2.29. The number of benzene rings is 2. The van der Waals surface area contributed by atoms with E-state index < -0.39 is 0 Å². The average Bonchev–Trinajstić information content (AvgIpc) is 3.14. The minimum Gasteiger partial charge on any atom is -0.483 e. The summed E-state index contributed by atoms with van der Waals surface area (Å²) in [5.74, 6) is 0.353. The van der Waals surface area contributed by atoms with Crippen molar-refractivity contribution < 1.29 is 13.9 Å². The molecule has 2 aromatic carbocycles. The fourth-order valence-corrected chi connectivity index (χ4v) is 4.96. The van der Waals surface area contributed by atoms with E-state index in [4.69, 9.17) is 4.74 Å². The van der Waals surface area contributed by atoms with Crippen LogP contribution in [0.2, 0.25) is 0 Å². The van der Waals surface area contributed by atoms with Gasteiger partial charge in [0.1, 0.15) is 11.6 Å². The van der Waals surface area contributed by atoms with Crippen LogP contribution in [0.25, 0.3) is 11.1 Å². The summed E-state index contributed by atoms with van der Waals surface area (Å²) in [5, 5.41) is 4.50. The summed E-state index contributed by atoms with van der Waals surface area (Å²) < 4.78 is 21.5. The maximum absolute atomic E-state index is 13.5. The molecule has 1 aromatic heterocycles. The van der Waals surface area contributed by atoms with Crippen LogP contribution in [0.15, 0.2) is 42.5 Å². The van der Waals surface area contributed by atoms with Crippen LogP contribution in [-0.2, 0) is 18.4 Å². The Kier molecular flexibility index (Phi) is 8.29. The van der Waals surface area contributed by atoms with Crippen molar-refractivity contribution in [2.24, 2.45) is 7.05 Å². The van der Waals surface area contributed by atoms with Crippen molar-refractivity contribution in [3.63, 3.8) is 0 Å². The van der Waals surface area contributed by atoms with E-state index in [0.717, 1.165) is 66.4 Å². The standard InChI is InChI=1S/C29H38FN5O2/c1-20-29(22(3)34(6)31-20)21(2)33(5)28(36)19-37-27-12-9-24(23-7-10-26(30)11-8-23)17-25(27)18-35-15-13-32(4)14-16-35/h7-12,17,21H,13-16,18-19H2,1-6H3. The molecule has 37 heavy (non-hydrogen) atoms. The monoisotopic (exact) mass is 507 g/mol. The SMILES string of the molecule is Cc1nn(C)c(C)c1C(C)N(C)C(=O)COc1ccc(-c2ccc(F)cc2)cc1CN1CCN(C)CC1. The second-order valence-electron chi connectivity index (χ2n) is 10.1. The molecule has 2 heterocycles. The number of carbonyl (C=O) groups is 1. The number of likely N-dealkylation sites (N-methyl/N-ethyl adjacent to an activating group) is 2. The number of carbonyl (C=O) groups excluding carboxylic acids is 1. The molecule has 3 aromatic rings. The zero-order valence-electron chi connectivity index (χ0n) is 22.8. The number of hydrogen-bond acceptors (Lipinski definition) is 5. The summed E-state index contributed by atoms with van der Waals surface area (Å²) in [7, 11) is 5.87. The first-order valence-electron chi connectivity index (χ1n) is 12.8. The smallest absolute Gasteiger partial charge is 0.260 e. The van der Waals surface area contributed by atoms with Gasteiger partial charge in [-0.2, -0.15) is 5.10 Å². The van der Waals surface area contributed by atoms with Crippen LogP contribution in [0, 0.1) is 19.7 Å². The van der Waals surface area contributed by atoms with Crippen LogP contribution in [-0.4, -0.2) is 77.3 Å². The van der Waals surface area contributed by atoms with Gasteiger partial charge in [-0.1, -0.05) is 18.2 Å². The van der Waals surface area contributed by atoms with Gasteiger partial charge in [0, 0.05) is 63.6 Å². The maximum Gasteiger partial charge on any atom is 0.260 e. The van der Waals surface area contributed by atoms with Gasteiger partial charge in [-0.05, 0) is 63.2 Å². The van der Waals surface area contributed by atoms with Gasteiger partial charge in [0.15, 0.2) is 6.61 Å². The Morgan fingerprint density at radius 1 is 1.05 bits per heavy atom. The summed E-state index contributed by atoms with van der Waals surface area (Å²) in [5.41, 5.74) is 6.01. The molecule has 4 rings (SSSR count). The third kappa shape index (κ3) is 6.19. The van der Waals surface area contributed by atoms with E-state index in [1.807, 2.05) is 51.7 Å². The van der Waals surface area contributed by atoms with E-state index in [0.29, 0.717) is 5.75 Å². The summed E-state index contributed by atoms with van der Waals surface area (Å²) >= 11 is 0. The van der Waals surface area contributed by atoms with Crippen molar-refractivity contribution in [2.75, 3.05) is 46.9 Å². The molecule has 1 aliphatic heterocycles. The van der Waals surface area contributed by atoms with Gasteiger partial charge in [-0.25, -0.2) is 4.39 Å². The molecule has 0 spiro atoms. The topological polar surface area (TPSA) is 53.8 Å². The van der Waals surface area contributed by atoms with E-state index in [2.05, 4.69) is 28.0 Å². The average molecular weight is 508 g/mol. The van der Waals surface area contributed by atoms with Crippen molar-refractivity contribution in [2.45, 2.75) is 33.4 Å². The van der Waals surface area contributed by atoms with Gasteiger partial charge in [0.05, 0.1) is 11.7 Å². The van der Waals surface area contributed by atoms with Crippen molar-refractivity contribution in [3.05, 3.63) is 70.8 Å². The third-order valence-electron chi connectivity index (χ3n) is 7.54. The van der Waals surface area contributed by atoms with Crippen molar-refractivity contribution in [1.29, 1.82) is 0 Å². The molecular formula is C29H38FN5O2. The van der Waals surface area contributed by atoms with Gasteiger partial charge >= 0.3 is 0 Å². The second kappa shape index (κ2) is 11.4. The van der Waals surface area contributed by atoms with E-state index in [1.54, 1.807) is 17.0 Å². The minimum atomic E-state index is -0.255. The number of aryl methyl sites for hydroxylation is 2. The molecule has 0 radical (unpaired) electrons. The van der Waals surface area contributed by atoms with Gasteiger partial charge in [0.25, 0.3) is 5.91 Å². The Morgan fingerprint density at radius 3 is 2.32 bits per heavy atom. The molecule has 1 saturated heterocycles. The predicted molar refractivity (Wildman–Crippen MR) is 144 cm³/mol. The molecular weight excluding hydrogens is 469 g/mol. The fourth-order valence-electron chi connectivity index (χ4n) is 4.96. The second-order valence-corrected chi connectivity index (χ2v) is 10.1. The van der Waals surface area contributed by atoms with Crippen LogP contribution >= 0.6 is 0 Å². The Bertz CT molecular complexity index is 1230. The molecule has 1 aliphatic rings. The molecule has 1 amide bonds. The van der Waals surface area contributed by atoms with Crippen molar-refractivity contribution in [3.8, 4) is 16.9 Å². The highest BCUT2D eigenvalue weighted by atomic mass is 19.1. The Morgan fingerprint density at radius 2 is 1.70 bits per heavy atom. The Labute approximate surface area is 219 Å². The van der Waals surface area contributed by atoms with E-state index in [-0.39, 0.29) is 24.4 Å². The lowest BCUT2D eigenvalue weighted by molar-refractivity contribution is -0.134. The Hall–Kier alpha value is -3.23. The molecule has 7 nitrogen and oxygen atoms in total. The predicted octanol–water partition coefficient (Wildman–Crippen LogP) is 4.19. The third-order valence-corrected chi connectivity index (χ3v) is 7.54. The number of aromatic nitrogens is 2. The number of halogens is 1. The summed E-state index contributed by atoms with van der Waals surface area (Å²) in [6.07, 6.45) is 0. The lowest BCUT2D eigenvalue weighted by atomic mass is 10.0. The minimum absolute atomic E-state index is 0.0508. The van der Waals surface area contributed by atoms with E-state index in [9.17, 15) is 9.18 Å². The quantitative estimate of drug-likeness (QED) is 0.458. The number of rotatable bonds is 8. The molecule has 0 saturated carbocycles. The highest BCUT2D eigenvalue weighted by Gasteiger charge is 2.24. The summed E-state index contributed by atoms with van der Waals surface area (Å²) in [6, 6.07) is 12.4. The van der Waals surface area contributed by atoms with Crippen LogP contribution in [0.3, 0.4) is 0 Å². The molecule has 8 heteroatoms. The zero-order chi connectivity index (χ0) is 26.7. The lowest BCUT2D eigenvalue weighted by Gasteiger charge is -2.32. The number of amides is 1. The van der Waals surface area contributed by atoms with Crippen LogP contribution in [0.5, 0.6) is 5.75 Å². The normalized spacial score (nSPS) is 15.5. The maximum atomic E-state index is 13.5. The Balaban J connectivity index is 1.51. The molecule has 1 unspecified atom stereocenters. The number of nitrogens with zero attached hydrogens (tertiary/aromatic N) is 5. The van der Waals surface area contributed by atoms with Gasteiger partial charge in [-0.15, -0.1) is 0 Å². The van der Waals surface area contributed by atoms with E-state index >= 15 is 0 Å². The first-order chi connectivity index (χ1) is 17.6. The molecule has 1 atom stereocenters. The first kappa shape index (κ1) is 26.8. The largest absolute Gasteiger partial charge is 0.483 e. The highest BCUT2D eigenvalue weighted by molar-refractivity contribution is 5.78. The molecule has 0 N–H and O–H groups in total. The number of ether oxygens (including phenoxy) is 1. The number of piperazine rings is 1. The van der Waals surface area contributed by atoms with Crippen LogP contribution in [0.4, 0.5) is 4.39 Å². The van der Waals surface area contributed by atoms with Gasteiger partial charge in [0.2, 0.25) is 0 Å². The summed E-state index contributed by atoms with van der Waals surface area (Å²) in [6.45, 7) is 10.7. The van der Waals surface area contributed by atoms with E-state index in [1.165, 1.54) is 12.1 Å². The first-order valence-corrected chi connectivity index (χ1v) is 12.8. The van der Waals surface area contributed by atoms with Crippen LogP contribution in [0.1, 0.15) is 35.5 Å². The summed E-state index contributed by atoms with van der Waals surface area (Å²) in [4.78, 5) is 19.6. The van der Waals surface area contributed by atoms with Gasteiger partial charge in [-0.3, -0.25) is 14.4 Å². The molecule has 1 fully saturated rings. The number of hydrogen-bond donors (Lipinski definition) is 0. The molecule has 198 valence electrons. The van der Waals surface area contributed by atoms with Gasteiger partial charge < -0.3 is 14.5 Å². The fraction of sp³-hybridized carbons (Fsp3) is 0.448. The molecule has 0 aliphatic carbocycles.